The second-order valence-electron chi connectivity index (χ2n) is 3.88. The van der Waals surface area contributed by atoms with Crippen LogP contribution < -0.4 is 0 Å². The zero-order chi connectivity index (χ0) is 15.0. The maximum atomic E-state index is 12.8. The lowest BCUT2D eigenvalue weighted by Gasteiger charge is -2.14. The maximum Gasteiger partial charge on any atom is 0.442 e. The summed E-state index contributed by atoms with van der Waals surface area (Å²) in [6.45, 7) is -0.132. The van der Waals surface area contributed by atoms with E-state index in [1.54, 1.807) is 0 Å². The van der Waals surface area contributed by atoms with Crippen molar-refractivity contribution in [3.63, 3.8) is 0 Å². The summed E-state index contributed by atoms with van der Waals surface area (Å²) in [6.07, 6.45) is -4.73. The van der Waals surface area contributed by atoms with E-state index in [0.29, 0.717) is 0 Å². The Labute approximate surface area is 115 Å². The van der Waals surface area contributed by atoms with Gasteiger partial charge in [-0.2, -0.15) is 13.2 Å². The average Bonchev–Trinajstić information content (AvgIpc) is 3.16. The van der Waals surface area contributed by atoms with Gasteiger partial charge in [0.05, 0.1) is 22.2 Å². The Bertz CT molecular complexity index is 646. The topological polar surface area (TPSA) is 80.2 Å². The lowest BCUT2D eigenvalue weighted by atomic mass is 10.00. The first-order chi connectivity index (χ1) is 9.32. The van der Waals surface area contributed by atoms with Gasteiger partial charge in [-0.1, -0.05) is 6.07 Å². The molecular weight excluding hydrogens is 297 g/mol. The molecule has 0 spiro atoms. The number of hydrogen-bond donors (Lipinski definition) is 0. The molecule has 0 fully saturated rings. The summed E-state index contributed by atoms with van der Waals surface area (Å²) in [5.41, 5.74) is -3.43. The third-order valence-electron chi connectivity index (χ3n) is 2.69. The van der Waals surface area contributed by atoms with Crippen molar-refractivity contribution in [2.45, 2.75) is 18.4 Å². The van der Waals surface area contributed by atoms with E-state index in [-0.39, 0.29) is 12.1 Å². The minimum atomic E-state index is -4.73. The summed E-state index contributed by atoms with van der Waals surface area (Å²) in [4.78, 5) is 13.7. The summed E-state index contributed by atoms with van der Waals surface area (Å²) in [7, 11) is 0. The van der Waals surface area contributed by atoms with Gasteiger partial charge in [-0.15, -0.1) is 10.2 Å². The van der Waals surface area contributed by atoms with Crippen LogP contribution in [0.3, 0.4) is 0 Å². The molecule has 0 bridgehead atoms. The minimum Gasteiger partial charge on any atom is -0.258 e. The standard InChI is InChI=1S/C10H5F3N4O2S/c11-10(12,13)9(15-16-9)7-2-1-6(4-14-5-20)8(3-7)17(18)19/h1-3H,4H2. The van der Waals surface area contributed by atoms with Crippen molar-refractivity contribution in [2.24, 2.45) is 15.2 Å². The number of hydrogen-bond acceptors (Lipinski definition) is 6. The zero-order valence-electron chi connectivity index (χ0n) is 9.59. The van der Waals surface area contributed by atoms with Crippen LogP contribution in [0.25, 0.3) is 0 Å². The smallest absolute Gasteiger partial charge is 0.258 e. The molecule has 1 aliphatic heterocycles. The number of aliphatic imine (C=N–C) groups is 1. The molecule has 0 N–H and O–H groups in total. The van der Waals surface area contributed by atoms with E-state index in [4.69, 9.17) is 0 Å². The maximum absolute atomic E-state index is 12.8. The van der Waals surface area contributed by atoms with Crippen LogP contribution in [-0.2, 0) is 12.2 Å². The summed E-state index contributed by atoms with van der Waals surface area (Å²) in [5.74, 6) is 0. The van der Waals surface area contributed by atoms with Crippen LogP contribution in [0.5, 0.6) is 0 Å². The molecule has 0 saturated carbocycles. The molecule has 1 heterocycles. The quantitative estimate of drug-likeness (QED) is 0.370. The zero-order valence-corrected chi connectivity index (χ0v) is 10.4. The summed E-state index contributed by atoms with van der Waals surface area (Å²) in [6, 6.07) is 3.08. The van der Waals surface area contributed by atoms with Gasteiger partial charge in [0.1, 0.15) is 0 Å². The van der Waals surface area contributed by atoms with Gasteiger partial charge in [0.25, 0.3) is 5.69 Å². The van der Waals surface area contributed by atoms with E-state index in [1.165, 1.54) is 6.07 Å². The Balaban J connectivity index is 2.46. The molecule has 0 aliphatic carbocycles. The Hall–Kier alpha value is -2.19. The number of rotatable bonds is 4. The highest BCUT2D eigenvalue weighted by atomic mass is 32.1. The number of nitro benzene ring substituents is 1. The number of benzene rings is 1. The number of isothiocyanates is 1. The molecule has 20 heavy (non-hydrogen) atoms. The molecule has 10 heteroatoms. The van der Waals surface area contributed by atoms with Crippen LogP contribution in [0.4, 0.5) is 18.9 Å². The number of halogens is 3. The molecule has 0 amide bonds. The highest BCUT2D eigenvalue weighted by molar-refractivity contribution is 7.78. The largest absolute Gasteiger partial charge is 0.442 e. The van der Waals surface area contributed by atoms with E-state index >= 15 is 0 Å². The molecule has 2 rings (SSSR count). The van der Waals surface area contributed by atoms with Gasteiger partial charge in [-0.05, 0) is 18.3 Å². The van der Waals surface area contributed by atoms with Crippen molar-refractivity contribution in [3.8, 4) is 0 Å². The number of alkyl halides is 3. The molecule has 0 radical (unpaired) electrons. The minimum absolute atomic E-state index is 0.132. The second kappa shape index (κ2) is 4.73. The van der Waals surface area contributed by atoms with Gasteiger partial charge in [-0.25, -0.2) is 4.99 Å². The van der Waals surface area contributed by atoms with Crippen molar-refractivity contribution in [1.82, 2.24) is 0 Å². The normalized spacial score (nSPS) is 15.6. The Morgan fingerprint density at radius 1 is 1.45 bits per heavy atom. The molecule has 104 valence electrons. The van der Waals surface area contributed by atoms with Gasteiger partial charge < -0.3 is 0 Å². The predicted octanol–water partition coefficient (Wildman–Crippen LogP) is 3.38. The molecule has 1 aromatic carbocycles. The lowest BCUT2D eigenvalue weighted by Crippen LogP contribution is -2.30. The van der Waals surface area contributed by atoms with Crippen LogP contribution in [-0.4, -0.2) is 16.3 Å². The fourth-order valence-corrected chi connectivity index (χ4v) is 1.71. The third-order valence-corrected chi connectivity index (χ3v) is 2.82. The fourth-order valence-electron chi connectivity index (χ4n) is 1.64. The third kappa shape index (κ3) is 2.30. The summed E-state index contributed by atoms with van der Waals surface area (Å²) < 4.78 is 38.5. The van der Waals surface area contributed by atoms with E-state index < -0.39 is 28.0 Å². The molecule has 1 aliphatic rings. The van der Waals surface area contributed by atoms with E-state index in [0.717, 1.165) is 12.1 Å². The SMILES string of the molecule is O=[N+]([O-])c1cc(C2(C(F)(F)F)N=N2)ccc1CN=C=S. The average molecular weight is 302 g/mol. The molecule has 6 nitrogen and oxygen atoms in total. The Morgan fingerprint density at radius 3 is 2.55 bits per heavy atom. The molecular formula is C10H5F3N4O2S. The number of thiocarbonyl (C=S) groups is 1. The van der Waals surface area contributed by atoms with Gasteiger partial charge >= 0.3 is 11.8 Å². The first-order valence-corrected chi connectivity index (χ1v) is 5.55. The predicted molar refractivity (Wildman–Crippen MR) is 64.4 cm³/mol. The molecule has 0 unspecified atom stereocenters. The second-order valence-corrected chi connectivity index (χ2v) is 4.06. The van der Waals surface area contributed by atoms with Crippen LogP contribution in [0.2, 0.25) is 0 Å². The van der Waals surface area contributed by atoms with Crippen LogP contribution in [0, 0.1) is 10.1 Å². The Kier molecular flexibility index (Phi) is 3.36. The first kappa shape index (κ1) is 14.2. The highest BCUT2D eigenvalue weighted by Crippen LogP contribution is 2.52. The van der Waals surface area contributed by atoms with Crippen molar-refractivity contribution >= 4 is 23.1 Å². The lowest BCUT2D eigenvalue weighted by molar-refractivity contribution is -0.385. The molecule has 0 atom stereocenters. The molecule has 1 aromatic rings. The summed E-state index contributed by atoms with van der Waals surface area (Å²) >= 11 is 4.34. The summed E-state index contributed by atoms with van der Waals surface area (Å²) in [5, 5.41) is 18.9. The Morgan fingerprint density at radius 2 is 2.10 bits per heavy atom. The van der Waals surface area contributed by atoms with Crippen molar-refractivity contribution in [2.75, 3.05) is 0 Å². The van der Waals surface area contributed by atoms with E-state index in [1.807, 2.05) is 5.16 Å². The van der Waals surface area contributed by atoms with E-state index in [9.17, 15) is 23.3 Å². The monoisotopic (exact) mass is 302 g/mol. The van der Waals surface area contributed by atoms with Crippen LogP contribution >= 0.6 is 12.2 Å². The number of nitro groups is 1. The van der Waals surface area contributed by atoms with Gasteiger partial charge in [0, 0.05) is 11.6 Å². The molecule has 0 aromatic heterocycles. The first-order valence-electron chi connectivity index (χ1n) is 5.14. The van der Waals surface area contributed by atoms with Crippen LogP contribution in [0.1, 0.15) is 11.1 Å². The van der Waals surface area contributed by atoms with Crippen molar-refractivity contribution < 1.29 is 18.1 Å². The van der Waals surface area contributed by atoms with Gasteiger partial charge in [0.2, 0.25) is 0 Å². The van der Waals surface area contributed by atoms with Gasteiger partial charge in [-0.3, -0.25) is 10.1 Å². The van der Waals surface area contributed by atoms with Crippen molar-refractivity contribution in [1.29, 1.82) is 0 Å². The fraction of sp³-hybridized carbons (Fsp3) is 0.300. The van der Waals surface area contributed by atoms with Gasteiger partial charge in [0.15, 0.2) is 0 Å². The molecule has 0 saturated heterocycles. The van der Waals surface area contributed by atoms with Crippen molar-refractivity contribution in [3.05, 3.63) is 39.4 Å². The highest BCUT2D eigenvalue weighted by Gasteiger charge is 2.65. The number of nitrogens with zero attached hydrogens (tertiary/aromatic N) is 4. The van der Waals surface area contributed by atoms with Crippen LogP contribution in [0.15, 0.2) is 33.4 Å². The van der Waals surface area contributed by atoms with E-state index in [2.05, 4.69) is 27.4 Å².